The van der Waals surface area contributed by atoms with Gasteiger partial charge in [0.1, 0.15) is 0 Å². The molecule has 18 heavy (non-hydrogen) atoms. The molecule has 1 aromatic rings. The highest BCUT2D eigenvalue weighted by Gasteiger charge is 2.29. The van der Waals surface area contributed by atoms with E-state index in [0.29, 0.717) is 12.0 Å². The number of hydrogen-bond donors (Lipinski definition) is 1. The second kappa shape index (κ2) is 5.01. The SMILES string of the molecule is Cc1cccc(C(=O)NC2CCS(=O)(=O)C2)c1Br. The fourth-order valence-electron chi connectivity index (χ4n) is 1.99. The number of sulfone groups is 1. The first-order valence-corrected chi connectivity index (χ1v) is 8.27. The van der Waals surface area contributed by atoms with E-state index in [1.807, 2.05) is 13.0 Å². The molecule has 1 heterocycles. The van der Waals surface area contributed by atoms with Gasteiger partial charge in [-0.05, 0) is 40.9 Å². The number of halogens is 1. The summed E-state index contributed by atoms with van der Waals surface area (Å²) in [5.41, 5.74) is 1.51. The summed E-state index contributed by atoms with van der Waals surface area (Å²) in [6.07, 6.45) is 0.498. The Balaban J connectivity index is 2.11. The quantitative estimate of drug-likeness (QED) is 0.896. The zero-order valence-corrected chi connectivity index (χ0v) is 12.3. The molecule has 1 atom stereocenters. The van der Waals surface area contributed by atoms with Crippen molar-refractivity contribution in [2.45, 2.75) is 19.4 Å². The van der Waals surface area contributed by atoms with Gasteiger partial charge in [-0.15, -0.1) is 0 Å². The Morgan fingerprint density at radius 1 is 1.44 bits per heavy atom. The molecule has 1 aliphatic rings. The van der Waals surface area contributed by atoms with E-state index in [0.717, 1.165) is 10.0 Å². The molecule has 1 aliphatic heterocycles. The van der Waals surface area contributed by atoms with Crippen LogP contribution in [0.5, 0.6) is 0 Å². The van der Waals surface area contributed by atoms with Gasteiger partial charge in [0, 0.05) is 10.5 Å². The zero-order chi connectivity index (χ0) is 13.3. The fourth-order valence-corrected chi connectivity index (χ4v) is 4.11. The highest BCUT2D eigenvalue weighted by Crippen LogP contribution is 2.21. The maximum Gasteiger partial charge on any atom is 0.252 e. The van der Waals surface area contributed by atoms with Crippen molar-refractivity contribution in [3.05, 3.63) is 33.8 Å². The Bertz CT molecular complexity index is 583. The van der Waals surface area contributed by atoms with Crippen LogP contribution in [0.1, 0.15) is 22.3 Å². The van der Waals surface area contributed by atoms with Crippen molar-refractivity contribution in [3.8, 4) is 0 Å². The molecular weight excluding hydrogens is 318 g/mol. The van der Waals surface area contributed by atoms with Crippen LogP contribution < -0.4 is 5.32 Å². The van der Waals surface area contributed by atoms with E-state index >= 15 is 0 Å². The van der Waals surface area contributed by atoms with Crippen molar-refractivity contribution in [3.63, 3.8) is 0 Å². The third-order valence-corrected chi connectivity index (χ3v) is 5.82. The number of hydrogen-bond acceptors (Lipinski definition) is 3. The van der Waals surface area contributed by atoms with Crippen LogP contribution in [-0.2, 0) is 9.84 Å². The first-order chi connectivity index (χ1) is 8.39. The number of benzene rings is 1. The lowest BCUT2D eigenvalue weighted by Crippen LogP contribution is -2.35. The Hall–Kier alpha value is -0.880. The predicted molar refractivity (Wildman–Crippen MR) is 73.4 cm³/mol. The molecule has 0 saturated carbocycles. The zero-order valence-electron chi connectivity index (χ0n) is 9.94. The predicted octanol–water partition coefficient (Wildman–Crippen LogP) is 1.67. The smallest absolute Gasteiger partial charge is 0.252 e. The van der Waals surface area contributed by atoms with E-state index in [1.54, 1.807) is 12.1 Å². The third-order valence-electron chi connectivity index (χ3n) is 3.00. The topological polar surface area (TPSA) is 63.2 Å². The summed E-state index contributed by atoms with van der Waals surface area (Å²) in [5, 5.41) is 2.77. The molecule has 0 aromatic heterocycles. The van der Waals surface area contributed by atoms with Gasteiger partial charge in [-0.25, -0.2) is 8.42 Å². The molecule has 0 bridgehead atoms. The van der Waals surface area contributed by atoms with Crippen LogP contribution in [0, 0.1) is 6.92 Å². The number of rotatable bonds is 2. The van der Waals surface area contributed by atoms with Gasteiger partial charge in [-0.1, -0.05) is 12.1 Å². The Labute approximate surface area is 115 Å². The molecule has 1 amide bonds. The van der Waals surface area contributed by atoms with Gasteiger partial charge in [0.05, 0.1) is 17.1 Å². The molecule has 0 radical (unpaired) electrons. The van der Waals surface area contributed by atoms with Gasteiger partial charge < -0.3 is 5.32 Å². The number of carbonyl (C=O) groups excluding carboxylic acids is 1. The van der Waals surface area contributed by atoms with Crippen molar-refractivity contribution < 1.29 is 13.2 Å². The number of nitrogens with one attached hydrogen (secondary N) is 1. The first-order valence-electron chi connectivity index (χ1n) is 5.65. The minimum Gasteiger partial charge on any atom is -0.348 e. The van der Waals surface area contributed by atoms with E-state index in [2.05, 4.69) is 21.2 Å². The molecule has 1 fully saturated rings. The van der Waals surface area contributed by atoms with Gasteiger partial charge in [0.2, 0.25) is 0 Å². The molecule has 1 aromatic carbocycles. The van der Waals surface area contributed by atoms with Gasteiger partial charge >= 0.3 is 0 Å². The van der Waals surface area contributed by atoms with Crippen molar-refractivity contribution in [1.82, 2.24) is 5.32 Å². The molecule has 4 nitrogen and oxygen atoms in total. The fraction of sp³-hybridized carbons (Fsp3) is 0.417. The van der Waals surface area contributed by atoms with Crippen LogP contribution in [-0.4, -0.2) is 31.9 Å². The first kappa shape index (κ1) is 13.5. The Kier molecular flexibility index (Phi) is 3.77. The van der Waals surface area contributed by atoms with Crippen LogP contribution in [0.25, 0.3) is 0 Å². The van der Waals surface area contributed by atoms with Gasteiger partial charge in [0.15, 0.2) is 9.84 Å². The average molecular weight is 332 g/mol. The molecule has 6 heteroatoms. The van der Waals surface area contributed by atoms with E-state index < -0.39 is 9.84 Å². The number of carbonyl (C=O) groups is 1. The number of aryl methyl sites for hydroxylation is 1. The molecule has 2 rings (SSSR count). The molecule has 1 unspecified atom stereocenters. The summed E-state index contributed by atoms with van der Waals surface area (Å²) in [6.45, 7) is 1.90. The van der Waals surface area contributed by atoms with Crippen molar-refractivity contribution in [2.24, 2.45) is 0 Å². The highest BCUT2D eigenvalue weighted by atomic mass is 79.9. The average Bonchev–Trinajstić information content (AvgIpc) is 2.62. The summed E-state index contributed by atoms with van der Waals surface area (Å²) in [6, 6.07) is 5.16. The lowest BCUT2D eigenvalue weighted by molar-refractivity contribution is 0.0940. The van der Waals surface area contributed by atoms with Crippen LogP contribution >= 0.6 is 15.9 Å². The molecular formula is C12H14BrNO3S. The lowest BCUT2D eigenvalue weighted by atomic mass is 10.1. The number of amides is 1. The van der Waals surface area contributed by atoms with Crippen LogP contribution in [0.15, 0.2) is 22.7 Å². The minimum absolute atomic E-state index is 0.0438. The second-order valence-electron chi connectivity index (χ2n) is 4.51. The monoisotopic (exact) mass is 331 g/mol. The van der Waals surface area contributed by atoms with E-state index in [9.17, 15) is 13.2 Å². The second-order valence-corrected chi connectivity index (χ2v) is 7.53. The summed E-state index contributed by atoms with van der Waals surface area (Å²) >= 11 is 3.37. The standard InChI is InChI=1S/C12H14BrNO3S/c1-8-3-2-4-10(11(8)13)12(15)14-9-5-6-18(16,17)7-9/h2-4,9H,5-7H2,1H3,(H,14,15). The van der Waals surface area contributed by atoms with E-state index in [4.69, 9.17) is 0 Å². The maximum absolute atomic E-state index is 12.0. The molecule has 1 saturated heterocycles. The molecule has 0 spiro atoms. The Morgan fingerprint density at radius 2 is 2.17 bits per heavy atom. The molecule has 1 N–H and O–H groups in total. The lowest BCUT2D eigenvalue weighted by Gasteiger charge is -2.12. The minimum atomic E-state index is -2.97. The van der Waals surface area contributed by atoms with Crippen molar-refractivity contribution in [2.75, 3.05) is 11.5 Å². The largest absolute Gasteiger partial charge is 0.348 e. The van der Waals surface area contributed by atoms with Crippen LogP contribution in [0.2, 0.25) is 0 Å². The van der Waals surface area contributed by atoms with Gasteiger partial charge in [0.25, 0.3) is 5.91 Å². The van der Waals surface area contributed by atoms with Crippen molar-refractivity contribution in [1.29, 1.82) is 0 Å². The summed E-state index contributed by atoms with van der Waals surface area (Å²) in [4.78, 5) is 12.0. The van der Waals surface area contributed by atoms with Crippen LogP contribution in [0.4, 0.5) is 0 Å². The maximum atomic E-state index is 12.0. The summed E-state index contributed by atoms with van der Waals surface area (Å²) < 4.78 is 23.4. The normalized spacial score (nSPS) is 21.8. The molecule has 0 aliphatic carbocycles. The third kappa shape index (κ3) is 2.92. The van der Waals surface area contributed by atoms with E-state index in [1.165, 1.54) is 0 Å². The Morgan fingerprint density at radius 3 is 2.78 bits per heavy atom. The van der Waals surface area contributed by atoms with E-state index in [-0.39, 0.29) is 23.5 Å². The van der Waals surface area contributed by atoms with Gasteiger partial charge in [-0.3, -0.25) is 4.79 Å². The molecule has 98 valence electrons. The van der Waals surface area contributed by atoms with Crippen molar-refractivity contribution >= 4 is 31.7 Å². The van der Waals surface area contributed by atoms with Gasteiger partial charge in [-0.2, -0.15) is 0 Å². The summed E-state index contributed by atoms with van der Waals surface area (Å²) in [5.74, 6) is -0.0255. The highest BCUT2D eigenvalue weighted by molar-refractivity contribution is 9.10. The summed E-state index contributed by atoms with van der Waals surface area (Å²) in [7, 11) is -2.97. The van der Waals surface area contributed by atoms with Crippen LogP contribution in [0.3, 0.4) is 0 Å².